The van der Waals surface area contributed by atoms with Crippen LogP contribution in [-0.4, -0.2) is 0 Å². The topological polar surface area (TPSA) is 3.24 Å². The molecule has 0 bridgehead atoms. The first-order chi connectivity index (χ1) is 14.9. The fraction of sp³-hybridized carbons (Fsp3) is 0.0345. The molecule has 0 N–H and O–H groups in total. The van der Waals surface area contributed by atoms with Crippen LogP contribution in [0.2, 0.25) is 0 Å². The smallest absolute Gasteiger partial charge is 0.0805 e. The highest BCUT2D eigenvalue weighted by Crippen LogP contribution is 2.56. The van der Waals surface area contributed by atoms with Crippen LogP contribution in [0.1, 0.15) is 17.2 Å². The van der Waals surface area contributed by atoms with Gasteiger partial charge >= 0.3 is 0 Å². The van der Waals surface area contributed by atoms with E-state index in [9.17, 15) is 0 Å². The second-order valence-corrected chi connectivity index (χ2v) is 8.20. The molecule has 0 spiro atoms. The van der Waals surface area contributed by atoms with Gasteiger partial charge in [0, 0.05) is 11.3 Å². The van der Waals surface area contributed by atoms with Crippen molar-refractivity contribution < 1.29 is 0 Å². The van der Waals surface area contributed by atoms with Crippen LogP contribution in [0.5, 0.6) is 0 Å². The Bertz CT molecular complexity index is 1490. The molecule has 2 aliphatic heterocycles. The normalized spacial score (nSPS) is 16.5. The molecule has 0 saturated heterocycles. The maximum absolute atomic E-state index is 2.52. The van der Waals surface area contributed by atoms with E-state index in [4.69, 9.17) is 0 Å². The lowest BCUT2D eigenvalue weighted by atomic mass is 9.79. The number of anilines is 1. The summed E-state index contributed by atoms with van der Waals surface area (Å²) in [6.45, 7) is 0. The van der Waals surface area contributed by atoms with Crippen molar-refractivity contribution in [2.24, 2.45) is 0 Å². The second kappa shape index (κ2) is 5.84. The Morgan fingerprint density at radius 2 is 1.30 bits per heavy atom. The van der Waals surface area contributed by atoms with Gasteiger partial charge < -0.3 is 4.90 Å². The van der Waals surface area contributed by atoms with Gasteiger partial charge in [0.15, 0.2) is 0 Å². The molecule has 140 valence electrons. The minimum atomic E-state index is 0.286. The Labute approximate surface area is 175 Å². The third-order valence-electron chi connectivity index (χ3n) is 6.60. The van der Waals surface area contributed by atoms with Crippen molar-refractivity contribution in [1.82, 2.24) is 0 Å². The minimum Gasteiger partial charge on any atom is -0.329 e. The molecule has 0 radical (unpaired) electrons. The summed E-state index contributed by atoms with van der Waals surface area (Å²) in [5, 5.41) is 5.22. The summed E-state index contributed by atoms with van der Waals surface area (Å²) >= 11 is 0. The fourth-order valence-electron chi connectivity index (χ4n) is 5.19. The third kappa shape index (κ3) is 2.07. The van der Waals surface area contributed by atoms with Crippen LogP contribution in [0.15, 0.2) is 109 Å². The lowest BCUT2D eigenvalue weighted by Gasteiger charge is -2.47. The van der Waals surface area contributed by atoms with E-state index in [0.717, 1.165) is 0 Å². The van der Waals surface area contributed by atoms with Crippen LogP contribution in [0.4, 0.5) is 5.69 Å². The zero-order valence-electron chi connectivity index (χ0n) is 16.4. The van der Waals surface area contributed by atoms with Gasteiger partial charge in [-0.05, 0) is 56.4 Å². The molecule has 5 aromatic rings. The molecule has 1 heteroatoms. The molecule has 0 fully saturated rings. The average molecular weight is 381 g/mol. The third-order valence-corrected chi connectivity index (χ3v) is 6.60. The van der Waals surface area contributed by atoms with Crippen LogP contribution in [0, 0.1) is 0 Å². The van der Waals surface area contributed by atoms with Crippen LogP contribution in [0.3, 0.4) is 0 Å². The highest BCUT2D eigenvalue weighted by Gasteiger charge is 2.39. The molecule has 1 atom stereocenters. The molecule has 7 rings (SSSR count). The van der Waals surface area contributed by atoms with Crippen LogP contribution in [0.25, 0.3) is 38.4 Å². The van der Waals surface area contributed by atoms with Gasteiger partial charge in [0.25, 0.3) is 0 Å². The Kier molecular flexibility index (Phi) is 3.12. The number of fused-ring (bicyclic) bond motifs is 9. The fourth-order valence-corrected chi connectivity index (χ4v) is 5.19. The molecule has 30 heavy (non-hydrogen) atoms. The highest BCUT2D eigenvalue weighted by molar-refractivity contribution is 6.10. The summed E-state index contributed by atoms with van der Waals surface area (Å²) in [6, 6.07) is 37.8. The van der Waals surface area contributed by atoms with Crippen LogP contribution >= 0.6 is 0 Å². The van der Waals surface area contributed by atoms with E-state index >= 15 is 0 Å². The SMILES string of the molecule is C1=C(c2ccccc2)N2c3cc4ccccc4cc3-c3c(ccc4ccccc34)C12. The summed E-state index contributed by atoms with van der Waals surface area (Å²) in [4.78, 5) is 2.52. The van der Waals surface area contributed by atoms with E-state index in [0.29, 0.717) is 0 Å². The van der Waals surface area contributed by atoms with Crippen molar-refractivity contribution in [2.75, 3.05) is 4.90 Å². The maximum atomic E-state index is 2.52. The van der Waals surface area contributed by atoms with Gasteiger partial charge in [0.2, 0.25) is 0 Å². The molecule has 5 aromatic carbocycles. The number of benzene rings is 5. The predicted octanol–water partition coefficient (Wildman–Crippen LogP) is 7.58. The molecule has 1 unspecified atom stereocenters. The summed E-state index contributed by atoms with van der Waals surface area (Å²) in [7, 11) is 0. The van der Waals surface area contributed by atoms with Crippen LogP contribution < -0.4 is 4.90 Å². The van der Waals surface area contributed by atoms with E-state index < -0.39 is 0 Å². The lowest BCUT2D eigenvalue weighted by molar-refractivity contribution is 0.792. The van der Waals surface area contributed by atoms with Gasteiger partial charge in [-0.1, -0.05) is 91.0 Å². The predicted molar refractivity (Wildman–Crippen MR) is 127 cm³/mol. The Morgan fingerprint density at radius 1 is 0.600 bits per heavy atom. The summed E-state index contributed by atoms with van der Waals surface area (Å²) in [6.07, 6.45) is 2.42. The Balaban J connectivity index is 1.58. The van der Waals surface area contributed by atoms with Crippen molar-refractivity contribution in [3.63, 3.8) is 0 Å². The molecular formula is C29H19N. The summed E-state index contributed by atoms with van der Waals surface area (Å²) in [5.41, 5.74) is 8.00. The maximum Gasteiger partial charge on any atom is 0.0805 e. The van der Waals surface area contributed by atoms with Gasteiger partial charge in [-0.3, -0.25) is 0 Å². The standard InChI is InChI=1S/C29H19N/c1-2-9-20(10-3-1)26-18-28-24-15-14-19-8-6-7-13-23(19)29(24)25-16-21-11-4-5-12-22(21)17-27(25)30(26)28/h1-18,28H. The molecule has 0 aromatic heterocycles. The largest absolute Gasteiger partial charge is 0.329 e. The molecule has 0 aliphatic carbocycles. The van der Waals surface area contributed by atoms with E-state index in [1.165, 1.54) is 55.2 Å². The van der Waals surface area contributed by atoms with Crippen molar-refractivity contribution >= 4 is 32.9 Å². The number of rotatable bonds is 1. The van der Waals surface area contributed by atoms with Gasteiger partial charge in [0.1, 0.15) is 0 Å². The molecule has 1 nitrogen and oxygen atoms in total. The monoisotopic (exact) mass is 381 g/mol. The number of hydrogen-bond donors (Lipinski definition) is 0. The summed E-state index contributed by atoms with van der Waals surface area (Å²) < 4.78 is 0. The average Bonchev–Trinajstić information content (AvgIpc) is 2.78. The van der Waals surface area contributed by atoms with Gasteiger partial charge in [-0.2, -0.15) is 0 Å². The lowest BCUT2D eigenvalue weighted by Crippen LogP contribution is -2.37. The molecule has 0 amide bonds. The minimum absolute atomic E-state index is 0.286. The van der Waals surface area contributed by atoms with E-state index in [1.54, 1.807) is 0 Å². The van der Waals surface area contributed by atoms with Gasteiger partial charge in [-0.25, -0.2) is 0 Å². The van der Waals surface area contributed by atoms with Gasteiger partial charge in [-0.15, -0.1) is 0 Å². The molecule has 0 saturated carbocycles. The van der Waals surface area contributed by atoms with Crippen molar-refractivity contribution in [1.29, 1.82) is 0 Å². The zero-order chi connectivity index (χ0) is 19.7. The van der Waals surface area contributed by atoms with Gasteiger partial charge in [0.05, 0.1) is 11.7 Å². The highest BCUT2D eigenvalue weighted by atomic mass is 15.2. The van der Waals surface area contributed by atoms with E-state index in [2.05, 4.69) is 114 Å². The number of hydrogen-bond acceptors (Lipinski definition) is 1. The Morgan fingerprint density at radius 3 is 2.13 bits per heavy atom. The first-order valence-corrected chi connectivity index (χ1v) is 10.5. The first kappa shape index (κ1) is 16.0. The molecule has 2 aliphatic rings. The van der Waals surface area contributed by atoms with E-state index in [-0.39, 0.29) is 6.04 Å². The second-order valence-electron chi connectivity index (χ2n) is 8.20. The zero-order valence-corrected chi connectivity index (χ0v) is 16.4. The first-order valence-electron chi connectivity index (χ1n) is 10.5. The van der Waals surface area contributed by atoms with Crippen LogP contribution in [-0.2, 0) is 0 Å². The molecule has 2 heterocycles. The van der Waals surface area contributed by atoms with Crippen molar-refractivity contribution in [3.05, 3.63) is 120 Å². The molecular weight excluding hydrogens is 362 g/mol. The summed E-state index contributed by atoms with van der Waals surface area (Å²) in [5.74, 6) is 0. The number of nitrogens with zero attached hydrogens (tertiary/aromatic N) is 1. The quantitative estimate of drug-likeness (QED) is 0.289. The van der Waals surface area contributed by atoms with Crippen molar-refractivity contribution in [2.45, 2.75) is 6.04 Å². The van der Waals surface area contributed by atoms with E-state index in [1.807, 2.05) is 0 Å². The van der Waals surface area contributed by atoms with Crippen molar-refractivity contribution in [3.8, 4) is 11.1 Å². The Hall–Kier alpha value is -3.84.